The highest BCUT2D eigenvalue weighted by Gasteiger charge is 2.34. The predicted octanol–water partition coefficient (Wildman–Crippen LogP) is 4.09. The number of para-hydroxylation sites is 1. The molecule has 0 aliphatic carbocycles. The van der Waals surface area contributed by atoms with Crippen molar-refractivity contribution in [1.82, 2.24) is 9.99 Å². The maximum Gasteiger partial charge on any atom is 0.282 e. The number of hydrogen-bond acceptors (Lipinski definition) is 2. The fraction of sp³-hybridized carbons (Fsp3) is 0. The van der Waals surface area contributed by atoms with E-state index >= 15 is 0 Å². The van der Waals surface area contributed by atoms with Crippen LogP contribution in [0.3, 0.4) is 0 Å². The van der Waals surface area contributed by atoms with E-state index in [0.29, 0.717) is 5.69 Å². The van der Waals surface area contributed by atoms with Crippen LogP contribution in [0.2, 0.25) is 0 Å². The number of fused-ring (bicyclic) bond motifs is 1. The van der Waals surface area contributed by atoms with E-state index in [0.717, 1.165) is 22.2 Å². The summed E-state index contributed by atoms with van der Waals surface area (Å²) in [6.07, 6.45) is 3.55. The second kappa shape index (κ2) is 6.80. The van der Waals surface area contributed by atoms with E-state index in [4.69, 9.17) is 0 Å². The quantitative estimate of drug-likeness (QED) is 0.431. The van der Waals surface area contributed by atoms with E-state index in [1.165, 1.54) is 5.01 Å². The molecule has 1 fully saturated rings. The Morgan fingerprint density at radius 1 is 0.724 bits per heavy atom. The minimum Gasteiger partial charge on any atom is -0.317 e. The van der Waals surface area contributed by atoms with Gasteiger partial charge in [-0.2, -0.15) is 0 Å². The van der Waals surface area contributed by atoms with Gasteiger partial charge in [0.1, 0.15) is 5.57 Å². The molecule has 0 unspecified atom stereocenters. The summed E-state index contributed by atoms with van der Waals surface area (Å²) in [6.45, 7) is 0. The van der Waals surface area contributed by atoms with E-state index in [1.54, 1.807) is 18.2 Å². The first-order valence-corrected chi connectivity index (χ1v) is 9.29. The van der Waals surface area contributed by atoms with Gasteiger partial charge >= 0.3 is 0 Å². The Morgan fingerprint density at radius 3 is 2.31 bits per heavy atom. The zero-order valence-electron chi connectivity index (χ0n) is 15.4. The number of anilines is 1. The Kier molecular flexibility index (Phi) is 3.99. The van der Waals surface area contributed by atoms with Crippen LogP contribution in [0.4, 0.5) is 5.69 Å². The molecule has 0 saturated carbocycles. The molecule has 2 heterocycles. The zero-order chi connectivity index (χ0) is 19.8. The first-order valence-electron chi connectivity index (χ1n) is 9.29. The summed E-state index contributed by atoms with van der Waals surface area (Å²) >= 11 is 0. The number of amides is 2. The van der Waals surface area contributed by atoms with Gasteiger partial charge in [-0.05, 0) is 53.2 Å². The molecule has 5 heteroatoms. The third-order valence-corrected chi connectivity index (χ3v) is 4.99. The van der Waals surface area contributed by atoms with E-state index in [1.807, 2.05) is 59.3 Å². The minimum atomic E-state index is -0.412. The summed E-state index contributed by atoms with van der Waals surface area (Å²) in [5, 5.41) is 3.56. The van der Waals surface area contributed by atoms with Gasteiger partial charge in [0.25, 0.3) is 11.8 Å². The van der Waals surface area contributed by atoms with Gasteiger partial charge in [0, 0.05) is 17.6 Å². The molecule has 2 amide bonds. The molecular formula is C24H17N3O2. The summed E-state index contributed by atoms with van der Waals surface area (Å²) in [4.78, 5) is 25.3. The molecule has 0 radical (unpaired) electrons. The second-order valence-electron chi connectivity index (χ2n) is 6.81. The lowest BCUT2D eigenvalue weighted by atomic mass is 10.1. The summed E-state index contributed by atoms with van der Waals surface area (Å²) in [7, 11) is 0. The van der Waals surface area contributed by atoms with Gasteiger partial charge < -0.3 is 4.57 Å². The van der Waals surface area contributed by atoms with Crippen LogP contribution in [0.15, 0.2) is 96.7 Å². The van der Waals surface area contributed by atoms with Gasteiger partial charge in [-0.3, -0.25) is 15.0 Å². The minimum absolute atomic E-state index is 0.106. The van der Waals surface area contributed by atoms with Gasteiger partial charge in [-0.1, -0.05) is 48.5 Å². The highest BCUT2D eigenvalue weighted by atomic mass is 16.2. The van der Waals surface area contributed by atoms with Gasteiger partial charge in [-0.15, -0.1) is 0 Å². The first-order chi connectivity index (χ1) is 14.2. The Morgan fingerprint density at radius 2 is 1.48 bits per heavy atom. The summed E-state index contributed by atoms with van der Waals surface area (Å²) in [5.41, 5.74) is 5.09. The van der Waals surface area contributed by atoms with Crippen LogP contribution in [0.5, 0.6) is 0 Å². The number of hydrazine groups is 1. The Hall–Kier alpha value is -4.12. The van der Waals surface area contributed by atoms with Gasteiger partial charge in [0.05, 0.1) is 5.69 Å². The number of benzene rings is 3. The predicted molar refractivity (Wildman–Crippen MR) is 113 cm³/mol. The molecule has 29 heavy (non-hydrogen) atoms. The monoisotopic (exact) mass is 379 g/mol. The molecule has 3 aromatic carbocycles. The summed E-state index contributed by atoms with van der Waals surface area (Å²) in [5.74, 6) is -0.780. The Labute approximate surface area is 167 Å². The molecule has 0 bridgehead atoms. The molecule has 0 atom stereocenters. The van der Waals surface area contributed by atoms with Gasteiger partial charge in [0.2, 0.25) is 0 Å². The van der Waals surface area contributed by atoms with Crippen molar-refractivity contribution in [3.8, 4) is 5.69 Å². The van der Waals surface area contributed by atoms with Crippen LogP contribution in [-0.2, 0) is 9.59 Å². The van der Waals surface area contributed by atoms with Crippen molar-refractivity contribution in [2.75, 3.05) is 5.01 Å². The fourth-order valence-electron chi connectivity index (χ4n) is 3.54. The van der Waals surface area contributed by atoms with Crippen LogP contribution >= 0.6 is 0 Å². The molecule has 5 rings (SSSR count). The molecule has 1 aromatic heterocycles. The van der Waals surface area contributed by atoms with Crippen molar-refractivity contribution in [1.29, 1.82) is 0 Å². The summed E-state index contributed by atoms with van der Waals surface area (Å²) < 4.78 is 1.96. The fourth-order valence-corrected chi connectivity index (χ4v) is 3.54. The van der Waals surface area contributed by atoms with Gasteiger partial charge in [0.15, 0.2) is 0 Å². The number of nitrogens with one attached hydrogen (secondary N) is 1. The number of hydrogen-bond donors (Lipinski definition) is 1. The van der Waals surface area contributed by atoms with Crippen molar-refractivity contribution < 1.29 is 9.59 Å². The van der Waals surface area contributed by atoms with E-state index < -0.39 is 5.91 Å². The standard InChI is InChI=1S/C24H17N3O2/c28-23-22(24(29)27(25-23)19-9-2-1-3-10-19)16-20-11-6-14-26(20)21-13-12-17-7-4-5-8-18(17)15-21/h1-16H,(H,25,28)/b22-16-. The topological polar surface area (TPSA) is 54.3 Å². The van der Waals surface area contributed by atoms with Crippen LogP contribution < -0.4 is 10.4 Å². The van der Waals surface area contributed by atoms with E-state index in [2.05, 4.69) is 29.7 Å². The van der Waals surface area contributed by atoms with E-state index in [9.17, 15) is 9.59 Å². The number of aromatic nitrogens is 1. The molecule has 1 saturated heterocycles. The highest BCUT2D eigenvalue weighted by Crippen LogP contribution is 2.24. The molecule has 0 spiro atoms. The van der Waals surface area contributed by atoms with E-state index in [-0.39, 0.29) is 11.5 Å². The number of carbonyl (C=O) groups is 2. The van der Waals surface area contributed by atoms with Crippen molar-refractivity contribution in [3.05, 3.63) is 102 Å². The average Bonchev–Trinajstić information content (AvgIpc) is 3.34. The third kappa shape index (κ3) is 2.99. The molecule has 4 aromatic rings. The van der Waals surface area contributed by atoms with Crippen molar-refractivity contribution in [2.24, 2.45) is 0 Å². The van der Waals surface area contributed by atoms with Crippen molar-refractivity contribution in [2.45, 2.75) is 0 Å². The van der Waals surface area contributed by atoms with Crippen LogP contribution in [0.25, 0.3) is 22.5 Å². The number of nitrogens with zero attached hydrogens (tertiary/aromatic N) is 2. The maximum atomic E-state index is 12.8. The molecule has 140 valence electrons. The smallest absolute Gasteiger partial charge is 0.282 e. The molecule has 1 aliphatic rings. The lowest BCUT2D eigenvalue weighted by Gasteiger charge is -2.13. The first kappa shape index (κ1) is 17.0. The Bertz CT molecular complexity index is 1270. The zero-order valence-corrected chi connectivity index (χ0v) is 15.4. The number of rotatable bonds is 3. The van der Waals surface area contributed by atoms with Crippen molar-refractivity contribution >= 4 is 34.4 Å². The lowest BCUT2D eigenvalue weighted by Crippen LogP contribution is -2.35. The Balaban J connectivity index is 1.53. The lowest BCUT2D eigenvalue weighted by molar-refractivity contribution is -0.117. The van der Waals surface area contributed by atoms with Crippen LogP contribution in [0, 0.1) is 0 Å². The molecule has 1 aliphatic heterocycles. The average molecular weight is 379 g/mol. The molecule has 5 nitrogen and oxygen atoms in total. The van der Waals surface area contributed by atoms with Crippen LogP contribution in [-0.4, -0.2) is 16.4 Å². The number of carbonyl (C=O) groups excluding carboxylic acids is 2. The SMILES string of the molecule is O=C1NN(c2ccccc2)C(=O)/C1=C\c1cccn1-c1ccc2ccccc2c1. The maximum absolute atomic E-state index is 12.8. The van der Waals surface area contributed by atoms with Crippen LogP contribution in [0.1, 0.15) is 5.69 Å². The summed E-state index contributed by atoms with van der Waals surface area (Å²) in [6, 6.07) is 27.2. The van der Waals surface area contributed by atoms with Crippen molar-refractivity contribution in [3.63, 3.8) is 0 Å². The van der Waals surface area contributed by atoms with Gasteiger partial charge in [-0.25, -0.2) is 5.01 Å². The largest absolute Gasteiger partial charge is 0.317 e. The normalized spacial score (nSPS) is 15.3. The molecular weight excluding hydrogens is 362 g/mol. The third-order valence-electron chi connectivity index (χ3n) is 4.99. The second-order valence-corrected chi connectivity index (χ2v) is 6.81. The molecule has 1 N–H and O–H groups in total. The highest BCUT2D eigenvalue weighted by molar-refractivity contribution is 6.31.